The lowest BCUT2D eigenvalue weighted by atomic mass is 10.1. The van der Waals surface area contributed by atoms with Crippen LogP contribution in [0, 0.1) is 0 Å². The van der Waals surface area contributed by atoms with Crippen molar-refractivity contribution in [3.05, 3.63) is 65.4 Å². The molecule has 1 aromatic heterocycles. The van der Waals surface area contributed by atoms with Gasteiger partial charge in [-0.1, -0.05) is 35.9 Å². The van der Waals surface area contributed by atoms with Crippen molar-refractivity contribution in [3.8, 4) is 0 Å². The number of nitrogens with two attached hydrogens (primary N) is 1. The summed E-state index contributed by atoms with van der Waals surface area (Å²) in [6.07, 6.45) is 3.61. The molecule has 0 atom stereocenters. The van der Waals surface area contributed by atoms with E-state index >= 15 is 0 Å². The Labute approximate surface area is 132 Å². The minimum atomic E-state index is -0.139. The van der Waals surface area contributed by atoms with Crippen LogP contribution in [0.25, 0.3) is 10.8 Å². The smallest absolute Gasteiger partial charge is 0.228 e. The summed E-state index contributed by atoms with van der Waals surface area (Å²) in [5.74, 6) is -0.139. The van der Waals surface area contributed by atoms with E-state index < -0.39 is 0 Å². The number of nitrogens with one attached hydrogen (secondary N) is 1. The van der Waals surface area contributed by atoms with E-state index in [2.05, 4.69) is 10.3 Å². The Morgan fingerprint density at radius 2 is 2.00 bits per heavy atom. The first-order chi connectivity index (χ1) is 10.6. The van der Waals surface area contributed by atoms with Gasteiger partial charge >= 0.3 is 0 Å². The number of nitrogen functional groups attached to an aromatic ring is 1. The Bertz CT molecular complexity index is 823. The van der Waals surface area contributed by atoms with Crippen LogP contribution >= 0.6 is 11.6 Å². The summed E-state index contributed by atoms with van der Waals surface area (Å²) in [7, 11) is 0. The predicted molar refractivity (Wildman–Crippen MR) is 89.9 cm³/mol. The van der Waals surface area contributed by atoms with E-state index in [1.165, 1.54) is 0 Å². The molecule has 0 aliphatic carbocycles. The number of hydrogen-bond donors (Lipinski definition) is 2. The van der Waals surface area contributed by atoms with E-state index in [1.54, 1.807) is 30.6 Å². The highest BCUT2D eigenvalue weighted by Gasteiger charge is 2.08. The molecule has 0 radical (unpaired) electrons. The van der Waals surface area contributed by atoms with Crippen LogP contribution in [-0.2, 0) is 11.2 Å². The second-order valence-corrected chi connectivity index (χ2v) is 5.46. The fourth-order valence-corrected chi connectivity index (χ4v) is 2.64. The van der Waals surface area contributed by atoms with E-state index in [0.717, 1.165) is 16.3 Å². The average molecular weight is 312 g/mol. The summed E-state index contributed by atoms with van der Waals surface area (Å²) in [5.41, 5.74) is 7.75. The molecule has 110 valence electrons. The second kappa shape index (κ2) is 6.03. The third kappa shape index (κ3) is 3.18. The van der Waals surface area contributed by atoms with Gasteiger partial charge < -0.3 is 11.1 Å². The SMILES string of the molecule is Nc1cc(Cl)cc(CC(=O)Nc2cncc3ccccc23)c1. The van der Waals surface area contributed by atoms with Gasteiger partial charge in [-0.3, -0.25) is 9.78 Å². The third-order valence-electron chi connectivity index (χ3n) is 3.29. The summed E-state index contributed by atoms with van der Waals surface area (Å²) in [5, 5.41) is 5.34. The molecule has 22 heavy (non-hydrogen) atoms. The zero-order valence-corrected chi connectivity index (χ0v) is 12.5. The van der Waals surface area contributed by atoms with Crippen molar-refractivity contribution >= 4 is 39.7 Å². The maximum absolute atomic E-state index is 12.2. The minimum Gasteiger partial charge on any atom is -0.399 e. The maximum Gasteiger partial charge on any atom is 0.228 e. The molecular weight excluding hydrogens is 298 g/mol. The number of rotatable bonds is 3. The van der Waals surface area contributed by atoms with E-state index in [-0.39, 0.29) is 12.3 Å². The van der Waals surface area contributed by atoms with Crippen molar-refractivity contribution in [1.29, 1.82) is 0 Å². The lowest BCUT2D eigenvalue weighted by Gasteiger charge is -2.09. The monoisotopic (exact) mass is 311 g/mol. The van der Waals surface area contributed by atoms with Gasteiger partial charge in [0, 0.05) is 27.7 Å². The number of fused-ring (bicyclic) bond motifs is 1. The number of benzene rings is 2. The highest BCUT2D eigenvalue weighted by molar-refractivity contribution is 6.31. The molecular formula is C17H14ClN3O. The molecule has 0 aliphatic rings. The molecule has 0 saturated heterocycles. The quantitative estimate of drug-likeness (QED) is 0.725. The summed E-state index contributed by atoms with van der Waals surface area (Å²) in [4.78, 5) is 16.4. The average Bonchev–Trinajstić information content (AvgIpc) is 2.46. The number of pyridine rings is 1. The largest absolute Gasteiger partial charge is 0.399 e. The zero-order valence-electron chi connectivity index (χ0n) is 11.7. The number of hydrogen-bond acceptors (Lipinski definition) is 3. The van der Waals surface area contributed by atoms with Crippen molar-refractivity contribution < 1.29 is 4.79 Å². The molecule has 3 N–H and O–H groups in total. The summed E-state index contributed by atoms with van der Waals surface area (Å²) < 4.78 is 0. The molecule has 1 heterocycles. The van der Waals surface area contributed by atoms with Gasteiger partial charge in [-0.15, -0.1) is 0 Å². The van der Waals surface area contributed by atoms with Crippen molar-refractivity contribution in [2.75, 3.05) is 11.1 Å². The molecule has 0 aliphatic heterocycles. The van der Waals surface area contributed by atoms with Gasteiger partial charge in [-0.05, 0) is 23.8 Å². The third-order valence-corrected chi connectivity index (χ3v) is 3.51. The first-order valence-electron chi connectivity index (χ1n) is 6.79. The molecule has 4 nitrogen and oxygen atoms in total. The maximum atomic E-state index is 12.2. The Balaban J connectivity index is 1.81. The predicted octanol–water partition coefficient (Wildman–Crippen LogP) is 3.65. The molecule has 0 bridgehead atoms. The van der Waals surface area contributed by atoms with Crippen LogP contribution in [0.5, 0.6) is 0 Å². The van der Waals surface area contributed by atoms with Gasteiger partial charge in [-0.2, -0.15) is 0 Å². The van der Waals surface area contributed by atoms with E-state index in [9.17, 15) is 4.79 Å². The van der Waals surface area contributed by atoms with Crippen LogP contribution in [0.4, 0.5) is 11.4 Å². The van der Waals surface area contributed by atoms with Gasteiger partial charge in [0.1, 0.15) is 0 Å². The zero-order chi connectivity index (χ0) is 15.5. The highest BCUT2D eigenvalue weighted by Crippen LogP contribution is 2.22. The van der Waals surface area contributed by atoms with Gasteiger partial charge in [0.05, 0.1) is 18.3 Å². The van der Waals surface area contributed by atoms with Crippen molar-refractivity contribution in [3.63, 3.8) is 0 Å². The Kier molecular flexibility index (Phi) is 3.94. The second-order valence-electron chi connectivity index (χ2n) is 5.03. The van der Waals surface area contributed by atoms with Gasteiger partial charge in [-0.25, -0.2) is 0 Å². The normalized spacial score (nSPS) is 10.6. The number of anilines is 2. The van der Waals surface area contributed by atoms with E-state index in [0.29, 0.717) is 16.4 Å². The van der Waals surface area contributed by atoms with Gasteiger partial charge in [0.25, 0.3) is 0 Å². The summed E-state index contributed by atoms with van der Waals surface area (Å²) >= 11 is 5.95. The molecule has 0 unspecified atom stereocenters. The van der Waals surface area contributed by atoms with Crippen LogP contribution < -0.4 is 11.1 Å². The van der Waals surface area contributed by atoms with Crippen molar-refractivity contribution in [2.24, 2.45) is 0 Å². The van der Waals surface area contributed by atoms with Gasteiger partial charge in [0.15, 0.2) is 0 Å². The van der Waals surface area contributed by atoms with Crippen LogP contribution in [0.15, 0.2) is 54.9 Å². The number of carbonyl (C=O) groups excluding carboxylic acids is 1. The fraction of sp³-hybridized carbons (Fsp3) is 0.0588. The molecule has 5 heteroatoms. The van der Waals surface area contributed by atoms with Crippen LogP contribution in [0.2, 0.25) is 5.02 Å². The number of nitrogens with zero attached hydrogens (tertiary/aromatic N) is 1. The molecule has 1 amide bonds. The number of aromatic nitrogens is 1. The molecule has 3 rings (SSSR count). The van der Waals surface area contributed by atoms with Crippen LogP contribution in [-0.4, -0.2) is 10.9 Å². The Morgan fingerprint density at radius 1 is 1.18 bits per heavy atom. The number of halogens is 1. The molecule has 2 aromatic carbocycles. The number of carbonyl (C=O) groups is 1. The van der Waals surface area contributed by atoms with Crippen LogP contribution in [0.3, 0.4) is 0 Å². The lowest BCUT2D eigenvalue weighted by Crippen LogP contribution is -2.15. The van der Waals surface area contributed by atoms with Gasteiger partial charge in [0.2, 0.25) is 5.91 Å². The standard InChI is InChI=1S/C17H14ClN3O/c18-13-5-11(6-14(19)8-13)7-17(22)21-16-10-20-9-12-3-1-2-4-15(12)16/h1-6,8-10H,7,19H2,(H,21,22). The Hall–Kier alpha value is -2.59. The topological polar surface area (TPSA) is 68.0 Å². The molecule has 3 aromatic rings. The van der Waals surface area contributed by atoms with Crippen molar-refractivity contribution in [2.45, 2.75) is 6.42 Å². The van der Waals surface area contributed by atoms with Crippen molar-refractivity contribution in [1.82, 2.24) is 4.98 Å². The van der Waals surface area contributed by atoms with E-state index in [4.69, 9.17) is 17.3 Å². The highest BCUT2D eigenvalue weighted by atomic mass is 35.5. The number of amides is 1. The summed E-state index contributed by atoms with van der Waals surface area (Å²) in [6, 6.07) is 12.9. The first-order valence-corrected chi connectivity index (χ1v) is 7.17. The lowest BCUT2D eigenvalue weighted by molar-refractivity contribution is -0.115. The van der Waals surface area contributed by atoms with E-state index in [1.807, 2.05) is 24.3 Å². The van der Waals surface area contributed by atoms with Crippen LogP contribution in [0.1, 0.15) is 5.56 Å². The molecule has 0 fully saturated rings. The summed E-state index contributed by atoms with van der Waals surface area (Å²) in [6.45, 7) is 0. The fourth-order valence-electron chi connectivity index (χ4n) is 2.37. The Morgan fingerprint density at radius 3 is 2.82 bits per heavy atom. The molecule has 0 spiro atoms. The first kappa shape index (κ1) is 14.4. The molecule has 0 saturated carbocycles. The minimum absolute atomic E-state index is 0.139.